The molecule has 0 radical (unpaired) electrons. The first kappa shape index (κ1) is 15.2. The molecule has 1 amide bonds. The second-order valence-corrected chi connectivity index (χ2v) is 5.22. The summed E-state index contributed by atoms with van der Waals surface area (Å²) in [6.45, 7) is 7.23. The van der Waals surface area contributed by atoms with E-state index in [1.54, 1.807) is 13.0 Å². The van der Waals surface area contributed by atoms with Gasteiger partial charge >= 0.3 is 0 Å². The minimum Gasteiger partial charge on any atom is -0.360 e. The molecule has 2 aromatic rings. The standard InChI is InChI=1S/C14H21N5O2/c1-10-7-16-19(8-10)9-11(2)15-5-4-14(20)17-13-6-12(3)21-18-13/h6-8,11,15H,4-5,9H2,1-3H3,(H,17,18,20)/t11-/m1/s1. The van der Waals surface area contributed by atoms with Crippen molar-refractivity contribution in [1.29, 1.82) is 0 Å². The molecule has 0 saturated carbocycles. The van der Waals surface area contributed by atoms with Crippen molar-refractivity contribution in [2.75, 3.05) is 11.9 Å². The highest BCUT2D eigenvalue weighted by Gasteiger charge is 2.08. The number of carbonyl (C=O) groups excluding carboxylic acids is 1. The maximum atomic E-state index is 11.7. The predicted molar refractivity (Wildman–Crippen MR) is 78.9 cm³/mol. The van der Waals surface area contributed by atoms with E-state index in [0.717, 1.165) is 12.1 Å². The largest absolute Gasteiger partial charge is 0.360 e. The van der Waals surface area contributed by atoms with E-state index in [9.17, 15) is 4.79 Å². The number of carbonyl (C=O) groups is 1. The molecule has 114 valence electrons. The Labute approximate surface area is 123 Å². The summed E-state index contributed by atoms with van der Waals surface area (Å²) in [6.07, 6.45) is 4.21. The molecular formula is C14H21N5O2. The van der Waals surface area contributed by atoms with Crippen LogP contribution in [0.15, 0.2) is 23.0 Å². The average Bonchev–Trinajstić information content (AvgIpc) is 2.98. The van der Waals surface area contributed by atoms with Gasteiger partial charge in [-0.2, -0.15) is 5.10 Å². The van der Waals surface area contributed by atoms with Crippen molar-refractivity contribution in [3.63, 3.8) is 0 Å². The smallest absolute Gasteiger partial charge is 0.226 e. The summed E-state index contributed by atoms with van der Waals surface area (Å²) in [6, 6.07) is 1.93. The number of hydrogen-bond acceptors (Lipinski definition) is 5. The van der Waals surface area contributed by atoms with Crippen LogP contribution in [0.1, 0.15) is 24.7 Å². The molecular weight excluding hydrogens is 270 g/mol. The van der Waals surface area contributed by atoms with Crippen LogP contribution in [0.5, 0.6) is 0 Å². The van der Waals surface area contributed by atoms with Crippen molar-refractivity contribution < 1.29 is 9.32 Å². The van der Waals surface area contributed by atoms with Crippen LogP contribution in [0, 0.1) is 13.8 Å². The Kier molecular flexibility index (Phi) is 5.10. The van der Waals surface area contributed by atoms with Crippen LogP contribution < -0.4 is 10.6 Å². The van der Waals surface area contributed by atoms with Gasteiger partial charge in [0.2, 0.25) is 5.91 Å². The first-order chi connectivity index (χ1) is 10.0. The van der Waals surface area contributed by atoms with Crippen molar-refractivity contribution in [3.05, 3.63) is 29.8 Å². The molecule has 2 heterocycles. The molecule has 7 nitrogen and oxygen atoms in total. The zero-order valence-electron chi connectivity index (χ0n) is 12.6. The van der Waals surface area contributed by atoms with E-state index in [1.807, 2.05) is 24.0 Å². The zero-order chi connectivity index (χ0) is 15.2. The number of amides is 1. The second kappa shape index (κ2) is 7.03. The van der Waals surface area contributed by atoms with Crippen molar-refractivity contribution in [2.24, 2.45) is 0 Å². The summed E-state index contributed by atoms with van der Waals surface area (Å²) in [5.41, 5.74) is 1.14. The fourth-order valence-corrected chi connectivity index (χ4v) is 1.97. The molecule has 1 atom stereocenters. The minimum atomic E-state index is -0.0852. The van der Waals surface area contributed by atoms with Gasteiger partial charge in [-0.25, -0.2) is 0 Å². The minimum absolute atomic E-state index is 0.0852. The quantitative estimate of drug-likeness (QED) is 0.807. The lowest BCUT2D eigenvalue weighted by molar-refractivity contribution is -0.116. The van der Waals surface area contributed by atoms with Gasteiger partial charge < -0.3 is 15.2 Å². The number of anilines is 1. The Hall–Kier alpha value is -2.15. The van der Waals surface area contributed by atoms with Crippen molar-refractivity contribution in [3.8, 4) is 0 Å². The molecule has 0 aromatic carbocycles. The van der Waals surface area contributed by atoms with Gasteiger partial charge in [-0.05, 0) is 26.3 Å². The molecule has 0 aliphatic carbocycles. The van der Waals surface area contributed by atoms with Gasteiger partial charge in [0.15, 0.2) is 5.82 Å². The number of hydrogen-bond donors (Lipinski definition) is 2. The van der Waals surface area contributed by atoms with Crippen LogP contribution in [0.25, 0.3) is 0 Å². The molecule has 0 bridgehead atoms. The number of aromatic nitrogens is 3. The highest BCUT2D eigenvalue weighted by atomic mass is 16.5. The van der Waals surface area contributed by atoms with Crippen LogP contribution in [-0.4, -0.2) is 33.4 Å². The normalized spacial score (nSPS) is 12.3. The van der Waals surface area contributed by atoms with Crippen molar-refractivity contribution in [2.45, 2.75) is 39.8 Å². The summed E-state index contributed by atoms with van der Waals surface area (Å²) >= 11 is 0. The fraction of sp³-hybridized carbons (Fsp3) is 0.500. The van der Waals surface area contributed by atoms with E-state index >= 15 is 0 Å². The highest BCUT2D eigenvalue weighted by Crippen LogP contribution is 2.07. The zero-order valence-corrected chi connectivity index (χ0v) is 12.6. The SMILES string of the molecule is Cc1cnn(C[C@@H](C)NCCC(=O)Nc2cc(C)on2)c1. The van der Waals surface area contributed by atoms with E-state index in [-0.39, 0.29) is 11.9 Å². The van der Waals surface area contributed by atoms with E-state index < -0.39 is 0 Å². The Morgan fingerprint density at radius 3 is 2.90 bits per heavy atom. The Morgan fingerprint density at radius 1 is 1.48 bits per heavy atom. The third kappa shape index (κ3) is 5.03. The van der Waals surface area contributed by atoms with Crippen LogP contribution in [-0.2, 0) is 11.3 Å². The van der Waals surface area contributed by atoms with Crippen molar-refractivity contribution in [1.82, 2.24) is 20.3 Å². The molecule has 0 spiro atoms. The third-order valence-electron chi connectivity index (χ3n) is 2.96. The summed E-state index contributed by atoms with van der Waals surface area (Å²) in [5, 5.41) is 13.9. The van der Waals surface area contributed by atoms with Gasteiger partial charge in [-0.15, -0.1) is 0 Å². The monoisotopic (exact) mass is 291 g/mol. The number of aryl methyl sites for hydroxylation is 2. The van der Waals surface area contributed by atoms with E-state index in [1.165, 1.54) is 0 Å². The Balaban J connectivity index is 1.65. The van der Waals surface area contributed by atoms with Gasteiger partial charge in [-0.3, -0.25) is 9.48 Å². The molecule has 0 fully saturated rings. The van der Waals surface area contributed by atoms with E-state index in [4.69, 9.17) is 4.52 Å². The lowest BCUT2D eigenvalue weighted by Gasteiger charge is -2.13. The van der Waals surface area contributed by atoms with Crippen LogP contribution in [0.2, 0.25) is 0 Å². The predicted octanol–water partition coefficient (Wildman–Crippen LogP) is 1.49. The fourth-order valence-electron chi connectivity index (χ4n) is 1.97. The molecule has 0 aliphatic rings. The maximum absolute atomic E-state index is 11.7. The molecule has 0 unspecified atom stereocenters. The Bertz CT molecular complexity index is 590. The van der Waals surface area contributed by atoms with Gasteiger partial charge in [0.25, 0.3) is 0 Å². The topological polar surface area (TPSA) is 85.0 Å². The van der Waals surface area contributed by atoms with Crippen LogP contribution in [0.4, 0.5) is 5.82 Å². The highest BCUT2D eigenvalue weighted by molar-refractivity contribution is 5.89. The number of nitrogens with one attached hydrogen (secondary N) is 2. The molecule has 21 heavy (non-hydrogen) atoms. The summed E-state index contributed by atoms with van der Waals surface area (Å²) in [4.78, 5) is 11.7. The lowest BCUT2D eigenvalue weighted by atomic mass is 10.3. The lowest BCUT2D eigenvalue weighted by Crippen LogP contribution is -2.33. The average molecular weight is 291 g/mol. The molecule has 0 aliphatic heterocycles. The van der Waals surface area contributed by atoms with Gasteiger partial charge in [0.1, 0.15) is 5.76 Å². The van der Waals surface area contributed by atoms with E-state index in [2.05, 4.69) is 27.8 Å². The van der Waals surface area contributed by atoms with Crippen molar-refractivity contribution >= 4 is 11.7 Å². The molecule has 7 heteroatoms. The van der Waals surface area contributed by atoms with Gasteiger partial charge in [0.05, 0.1) is 12.7 Å². The van der Waals surface area contributed by atoms with Crippen LogP contribution in [0.3, 0.4) is 0 Å². The summed E-state index contributed by atoms with van der Waals surface area (Å²) in [7, 11) is 0. The van der Waals surface area contributed by atoms with Crippen LogP contribution >= 0.6 is 0 Å². The number of rotatable bonds is 7. The summed E-state index contributed by atoms with van der Waals surface area (Å²) < 4.78 is 6.78. The third-order valence-corrected chi connectivity index (χ3v) is 2.96. The second-order valence-electron chi connectivity index (χ2n) is 5.22. The first-order valence-corrected chi connectivity index (χ1v) is 6.98. The molecule has 2 N–H and O–H groups in total. The van der Waals surface area contributed by atoms with Gasteiger partial charge in [0, 0.05) is 31.3 Å². The number of nitrogens with zero attached hydrogens (tertiary/aromatic N) is 3. The maximum Gasteiger partial charge on any atom is 0.226 e. The molecule has 0 saturated heterocycles. The van der Waals surface area contributed by atoms with Gasteiger partial charge in [-0.1, -0.05) is 5.16 Å². The molecule has 2 aromatic heterocycles. The first-order valence-electron chi connectivity index (χ1n) is 6.98. The Morgan fingerprint density at radius 2 is 2.29 bits per heavy atom. The summed E-state index contributed by atoms with van der Waals surface area (Å²) in [5.74, 6) is 1.04. The van der Waals surface area contributed by atoms with E-state index in [0.29, 0.717) is 24.5 Å². The molecule has 2 rings (SSSR count).